The van der Waals surface area contributed by atoms with Gasteiger partial charge in [-0.05, 0) is 11.5 Å². The van der Waals surface area contributed by atoms with E-state index in [4.69, 9.17) is 5.73 Å². The number of amides is 1. The van der Waals surface area contributed by atoms with Gasteiger partial charge in [-0.3, -0.25) is 4.79 Å². The monoisotopic (exact) mass is 206 g/mol. The number of carbonyl (C=O) groups excluding carboxylic acids is 1. The fourth-order valence-electron chi connectivity index (χ4n) is 1.53. The van der Waals surface area contributed by atoms with E-state index in [2.05, 4.69) is 19.2 Å². The van der Waals surface area contributed by atoms with E-state index in [9.17, 15) is 4.79 Å². The predicted octanol–water partition coefficient (Wildman–Crippen LogP) is 1.46. The van der Waals surface area contributed by atoms with Crippen LogP contribution in [-0.2, 0) is 4.79 Å². The van der Waals surface area contributed by atoms with Gasteiger partial charge in [0.05, 0.1) is 12.6 Å². The third-order valence-corrected chi connectivity index (χ3v) is 2.33. The van der Waals surface area contributed by atoms with Gasteiger partial charge in [-0.2, -0.15) is 0 Å². The zero-order chi connectivity index (χ0) is 11.3. The highest BCUT2D eigenvalue weighted by atomic mass is 16.1. The Kier molecular flexibility index (Phi) is 4.31. The summed E-state index contributed by atoms with van der Waals surface area (Å²) in [5, 5.41) is 2.92. The summed E-state index contributed by atoms with van der Waals surface area (Å²) in [5.74, 6) is 0.237. The lowest BCUT2D eigenvalue weighted by molar-refractivity contribution is -0.120. The number of benzene rings is 1. The highest BCUT2D eigenvalue weighted by molar-refractivity contribution is 5.78. The van der Waals surface area contributed by atoms with Gasteiger partial charge in [0, 0.05) is 0 Å². The van der Waals surface area contributed by atoms with Crippen LogP contribution in [0.25, 0.3) is 0 Å². The van der Waals surface area contributed by atoms with Crippen LogP contribution in [0.1, 0.15) is 25.5 Å². The van der Waals surface area contributed by atoms with Gasteiger partial charge in [0.2, 0.25) is 5.91 Å². The quantitative estimate of drug-likeness (QED) is 0.783. The summed E-state index contributed by atoms with van der Waals surface area (Å²) >= 11 is 0. The van der Waals surface area contributed by atoms with E-state index >= 15 is 0 Å². The third kappa shape index (κ3) is 3.36. The van der Waals surface area contributed by atoms with Crippen molar-refractivity contribution in [3.63, 3.8) is 0 Å². The SMILES string of the molecule is CC(C)C(NC(=O)CN)c1ccccc1. The molecule has 1 aromatic carbocycles. The van der Waals surface area contributed by atoms with Gasteiger partial charge in [-0.15, -0.1) is 0 Å². The number of carbonyl (C=O) groups is 1. The number of nitrogens with two attached hydrogens (primary N) is 1. The predicted molar refractivity (Wildman–Crippen MR) is 61.2 cm³/mol. The summed E-state index contributed by atoms with van der Waals surface area (Å²) < 4.78 is 0. The van der Waals surface area contributed by atoms with Gasteiger partial charge in [0.15, 0.2) is 0 Å². The molecule has 0 aromatic heterocycles. The molecule has 0 saturated carbocycles. The second-order valence-electron chi connectivity index (χ2n) is 3.90. The summed E-state index contributed by atoms with van der Waals surface area (Å²) in [5.41, 5.74) is 6.41. The topological polar surface area (TPSA) is 55.1 Å². The standard InChI is InChI=1S/C12H18N2O/c1-9(2)12(14-11(15)8-13)10-6-4-3-5-7-10/h3-7,9,12H,8,13H2,1-2H3,(H,14,15). The number of hydrogen-bond donors (Lipinski definition) is 2. The van der Waals surface area contributed by atoms with Crippen LogP contribution in [-0.4, -0.2) is 12.5 Å². The molecule has 1 unspecified atom stereocenters. The fraction of sp³-hybridized carbons (Fsp3) is 0.417. The summed E-state index contributed by atoms with van der Waals surface area (Å²) in [6.45, 7) is 4.19. The van der Waals surface area contributed by atoms with Crippen molar-refractivity contribution >= 4 is 5.91 Å². The van der Waals surface area contributed by atoms with E-state index in [1.54, 1.807) is 0 Å². The van der Waals surface area contributed by atoms with Gasteiger partial charge >= 0.3 is 0 Å². The molecule has 0 radical (unpaired) electrons. The Bertz CT molecular complexity index is 309. The first-order valence-corrected chi connectivity index (χ1v) is 5.19. The Balaban J connectivity index is 2.79. The van der Waals surface area contributed by atoms with Crippen LogP contribution in [0.5, 0.6) is 0 Å². The lowest BCUT2D eigenvalue weighted by Crippen LogP contribution is -2.36. The Morgan fingerprint density at radius 1 is 1.33 bits per heavy atom. The van der Waals surface area contributed by atoms with Crippen LogP contribution >= 0.6 is 0 Å². The van der Waals surface area contributed by atoms with E-state index in [0.29, 0.717) is 5.92 Å². The van der Waals surface area contributed by atoms with Crippen LogP contribution in [0.4, 0.5) is 0 Å². The Labute approximate surface area is 90.7 Å². The van der Waals surface area contributed by atoms with Crippen molar-refractivity contribution in [1.29, 1.82) is 0 Å². The van der Waals surface area contributed by atoms with Crippen LogP contribution in [0, 0.1) is 5.92 Å². The molecule has 1 amide bonds. The molecular weight excluding hydrogens is 188 g/mol. The fourth-order valence-corrected chi connectivity index (χ4v) is 1.53. The molecule has 3 N–H and O–H groups in total. The molecular formula is C12H18N2O. The average Bonchev–Trinajstić information content (AvgIpc) is 2.26. The average molecular weight is 206 g/mol. The minimum atomic E-state index is -0.113. The van der Waals surface area contributed by atoms with Crippen molar-refractivity contribution in [3.05, 3.63) is 35.9 Å². The van der Waals surface area contributed by atoms with Crippen molar-refractivity contribution in [1.82, 2.24) is 5.32 Å². The lowest BCUT2D eigenvalue weighted by Gasteiger charge is -2.22. The smallest absolute Gasteiger partial charge is 0.234 e. The molecule has 0 heterocycles. The first-order valence-electron chi connectivity index (χ1n) is 5.19. The van der Waals surface area contributed by atoms with Crippen molar-refractivity contribution in [3.8, 4) is 0 Å². The number of rotatable bonds is 4. The van der Waals surface area contributed by atoms with Crippen molar-refractivity contribution in [2.75, 3.05) is 6.54 Å². The van der Waals surface area contributed by atoms with Gasteiger partial charge in [0.25, 0.3) is 0 Å². The third-order valence-electron chi connectivity index (χ3n) is 2.33. The van der Waals surface area contributed by atoms with Gasteiger partial charge in [-0.1, -0.05) is 44.2 Å². The maximum Gasteiger partial charge on any atom is 0.234 e. The number of hydrogen-bond acceptors (Lipinski definition) is 2. The van der Waals surface area contributed by atoms with Gasteiger partial charge < -0.3 is 11.1 Å². The molecule has 0 saturated heterocycles. The first-order chi connectivity index (χ1) is 7.15. The van der Waals surface area contributed by atoms with Gasteiger partial charge in [0.1, 0.15) is 0 Å². The summed E-state index contributed by atoms with van der Waals surface area (Å²) in [7, 11) is 0. The summed E-state index contributed by atoms with van der Waals surface area (Å²) in [6, 6.07) is 9.98. The van der Waals surface area contributed by atoms with Crippen molar-refractivity contribution in [2.45, 2.75) is 19.9 Å². The van der Waals surface area contributed by atoms with Crippen molar-refractivity contribution < 1.29 is 4.79 Å². The molecule has 0 fully saturated rings. The maximum atomic E-state index is 11.3. The van der Waals surface area contributed by atoms with E-state index < -0.39 is 0 Å². The van der Waals surface area contributed by atoms with Crippen LogP contribution in [0.3, 0.4) is 0 Å². The molecule has 1 atom stereocenters. The zero-order valence-electron chi connectivity index (χ0n) is 9.23. The van der Waals surface area contributed by atoms with Crippen molar-refractivity contribution in [2.24, 2.45) is 11.7 Å². The second-order valence-corrected chi connectivity index (χ2v) is 3.90. The molecule has 0 spiro atoms. The minimum absolute atomic E-state index is 0.0378. The highest BCUT2D eigenvalue weighted by Gasteiger charge is 2.16. The molecule has 3 nitrogen and oxygen atoms in total. The molecule has 0 aliphatic rings. The highest BCUT2D eigenvalue weighted by Crippen LogP contribution is 2.20. The second kappa shape index (κ2) is 5.51. The maximum absolute atomic E-state index is 11.3. The first kappa shape index (κ1) is 11.7. The normalized spacial score (nSPS) is 12.5. The number of nitrogens with one attached hydrogen (secondary N) is 1. The molecule has 15 heavy (non-hydrogen) atoms. The van der Waals surface area contributed by atoms with E-state index in [-0.39, 0.29) is 18.5 Å². The Hall–Kier alpha value is -1.35. The molecule has 0 bridgehead atoms. The Morgan fingerprint density at radius 2 is 1.93 bits per heavy atom. The molecule has 1 aromatic rings. The van der Waals surface area contributed by atoms with Crippen LogP contribution in [0.2, 0.25) is 0 Å². The van der Waals surface area contributed by atoms with Crippen LogP contribution in [0.15, 0.2) is 30.3 Å². The molecule has 82 valence electrons. The molecule has 3 heteroatoms. The molecule has 1 rings (SSSR count). The largest absolute Gasteiger partial charge is 0.348 e. The molecule has 0 aliphatic carbocycles. The van der Waals surface area contributed by atoms with Crippen LogP contribution < -0.4 is 11.1 Å². The summed E-state index contributed by atoms with van der Waals surface area (Å²) in [6.07, 6.45) is 0. The Morgan fingerprint density at radius 3 is 2.40 bits per heavy atom. The minimum Gasteiger partial charge on any atom is -0.348 e. The van der Waals surface area contributed by atoms with Gasteiger partial charge in [-0.25, -0.2) is 0 Å². The zero-order valence-corrected chi connectivity index (χ0v) is 9.23. The van der Waals surface area contributed by atoms with E-state index in [1.807, 2.05) is 30.3 Å². The lowest BCUT2D eigenvalue weighted by atomic mass is 9.96. The van der Waals surface area contributed by atoms with E-state index in [1.165, 1.54) is 0 Å². The van der Waals surface area contributed by atoms with E-state index in [0.717, 1.165) is 5.56 Å². The molecule has 0 aliphatic heterocycles. The summed E-state index contributed by atoms with van der Waals surface area (Å²) in [4.78, 5) is 11.3.